The van der Waals surface area contributed by atoms with Gasteiger partial charge in [0.05, 0.1) is 18.0 Å². The molecule has 1 aromatic carbocycles. The van der Waals surface area contributed by atoms with Crippen molar-refractivity contribution in [1.82, 2.24) is 4.31 Å². The van der Waals surface area contributed by atoms with Gasteiger partial charge in [-0.1, -0.05) is 17.5 Å². The summed E-state index contributed by atoms with van der Waals surface area (Å²) in [4.78, 5) is 0.0665. The number of hydrogen-bond donors (Lipinski definition) is 1. The second-order valence-corrected chi connectivity index (χ2v) is 6.26. The maximum Gasteiger partial charge on any atom is 0.244 e. The van der Waals surface area contributed by atoms with Crippen LogP contribution in [0.2, 0.25) is 5.02 Å². The Balaban J connectivity index is 3.42. The molecule has 0 fully saturated rings. The van der Waals surface area contributed by atoms with Crippen molar-refractivity contribution in [3.63, 3.8) is 0 Å². The van der Waals surface area contributed by atoms with Crippen LogP contribution in [-0.4, -0.2) is 31.4 Å². The molecule has 0 aliphatic carbocycles. The van der Waals surface area contributed by atoms with Gasteiger partial charge in [0.25, 0.3) is 0 Å². The number of aliphatic hydroxyl groups excluding tert-OH is 1. The lowest BCUT2D eigenvalue weighted by molar-refractivity contribution is 0.280. The van der Waals surface area contributed by atoms with E-state index in [2.05, 4.69) is 5.92 Å². The molecule has 1 aromatic rings. The highest BCUT2D eigenvalue weighted by Gasteiger charge is 2.23. The highest BCUT2D eigenvalue weighted by atomic mass is 35.5. The average molecular weight is 288 g/mol. The van der Waals surface area contributed by atoms with Crippen LogP contribution in [0.15, 0.2) is 17.0 Å². The van der Waals surface area contributed by atoms with Crippen LogP contribution in [0, 0.1) is 19.3 Å². The molecule has 0 saturated carbocycles. The smallest absolute Gasteiger partial charge is 0.244 e. The van der Waals surface area contributed by atoms with E-state index < -0.39 is 10.0 Å². The van der Waals surface area contributed by atoms with Crippen molar-refractivity contribution in [2.24, 2.45) is 0 Å². The first-order valence-electron chi connectivity index (χ1n) is 5.14. The summed E-state index contributed by atoms with van der Waals surface area (Å²) in [6, 6.07) is 2.90. The van der Waals surface area contributed by atoms with Gasteiger partial charge in [0.2, 0.25) is 10.0 Å². The Morgan fingerprint density at radius 2 is 2.11 bits per heavy atom. The van der Waals surface area contributed by atoms with Gasteiger partial charge in [-0.05, 0) is 30.2 Å². The van der Waals surface area contributed by atoms with Crippen molar-refractivity contribution in [2.45, 2.75) is 18.4 Å². The summed E-state index contributed by atoms with van der Waals surface area (Å²) in [5.74, 6) is 2.27. The molecule has 0 spiro atoms. The van der Waals surface area contributed by atoms with Gasteiger partial charge in [0, 0.05) is 12.1 Å². The van der Waals surface area contributed by atoms with Crippen LogP contribution in [0.4, 0.5) is 0 Å². The number of halogens is 1. The Morgan fingerprint density at radius 1 is 1.50 bits per heavy atom. The molecule has 18 heavy (non-hydrogen) atoms. The third-order valence-electron chi connectivity index (χ3n) is 2.60. The van der Waals surface area contributed by atoms with Crippen LogP contribution in [0.3, 0.4) is 0 Å². The maximum atomic E-state index is 12.3. The van der Waals surface area contributed by atoms with Crippen molar-refractivity contribution in [3.8, 4) is 12.3 Å². The van der Waals surface area contributed by atoms with Gasteiger partial charge in [-0.3, -0.25) is 0 Å². The molecular formula is C12H14ClNO3S. The zero-order valence-corrected chi connectivity index (χ0v) is 11.7. The summed E-state index contributed by atoms with van der Waals surface area (Å²) in [6.07, 6.45) is 5.11. The molecular weight excluding hydrogens is 274 g/mol. The van der Waals surface area contributed by atoms with E-state index in [4.69, 9.17) is 18.0 Å². The fourth-order valence-corrected chi connectivity index (χ4v) is 3.20. The Morgan fingerprint density at radius 3 is 2.61 bits per heavy atom. The van der Waals surface area contributed by atoms with Crippen LogP contribution in [0.5, 0.6) is 0 Å². The minimum Gasteiger partial charge on any atom is -0.392 e. The zero-order valence-electron chi connectivity index (χ0n) is 10.1. The first-order chi connectivity index (χ1) is 8.34. The number of terminal acetylenes is 1. The molecule has 0 unspecified atom stereocenters. The van der Waals surface area contributed by atoms with E-state index in [0.29, 0.717) is 11.1 Å². The predicted molar refractivity (Wildman–Crippen MR) is 70.8 cm³/mol. The van der Waals surface area contributed by atoms with Crippen LogP contribution >= 0.6 is 11.6 Å². The van der Waals surface area contributed by atoms with Crippen LogP contribution < -0.4 is 0 Å². The van der Waals surface area contributed by atoms with Gasteiger partial charge in [-0.25, -0.2) is 8.42 Å². The summed E-state index contributed by atoms with van der Waals surface area (Å²) >= 11 is 5.85. The van der Waals surface area contributed by atoms with Crippen LogP contribution in [-0.2, 0) is 16.6 Å². The van der Waals surface area contributed by atoms with E-state index in [9.17, 15) is 13.5 Å². The summed E-state index contributed by atoms with van der Waals surface area (Å²) in [6.45, 7) is 1.33. The van der Waals surface area contributed by atoms with E-state index in [1.54, 1.807) is 6.92 Å². The van der Waals surface area contributed by atoms with E-state index in [-0.39, 0.29) is 23.1 Å². The van der Waals surface area contributed by atoms with Gasteiger partial charge in [-0.15, -0.1) is 6.42 Å². The summed E-state index contributed by atoms with van der Waals surface area (Å²) in [5, 5.41) is 9.44. The van der Waals surface area contributed by atoms with Gasteiger partial charge in [0.15, 0.2) is 0 Å². The Kier molecular flexibility index (Phi) is 4.77. The third-order valence-corrected chi connectivity index (χ3v) is 4.75. The number of hydrogen-bond acceptors (Lipinski definition) is 3. The molecule has 0 aliphatic heterocycles. The lowest BCUT2D eigenvalue weighted by Gasteiger charge is -2.17. The van der Waals surface area contributed by atoms with Crippen LogP contribution in [0.1, 0.15) is 11.1 Å². The molecule has 0 radical (unpaired) electrons. The summed E-state index contributed by atoms with van der Waals surface area (Å²) in [5.41, 5.74) is 0.959. The number of benzene rings is 1. The maximum absolute atomic E-state index is 12.3. The van der Waals surface area contributed by atoms with Crippen molar-refractivity contribution < 1.29 is 13.5 Å². The largest absolute Gasteiger partial charge is 0.392 e. The van der Waals surface area contributed by atoms with E-state index in [1.807, 2.05) is 0 Å². The van der Waals surface area contributed by atoms with Gasteiger partial charge in [0.1, 0.15) is 0 Å². The summed E-state index contributed by atoms with van der Waals surface area (Å²) < 4.78 is 25.6. The molecule has 0 aromatic heterocycles. The first-order valence-corrected chi connectivity index (χ1v) is 6.96. The average Bonchev–Trinajstić information content (AvgIpc) is 2.31. The van der Waals surface area contributed by atoms with Gasteiger partial charge < -0.3 is 5.11 Å². The summed E-state index contributed by atoms with van der Waals surface area (Å²) in [7, 11) is -2.29. The normalized spacial score (nSPS) is 11.6. The molecule has 4 nitrogen and oxygen atoms in total. The van der Waals surface area contributed by atoms with Crippen molar-refractivity contribution >= 4 is 21.6 Å². The van der Waals surface area contributed by atoms with Crippen molar-refractivity contribution in [3.05, 3.63) is 28.3 Å². The van der Waals surface area contributed by atoms with E-state index in [1.165, 1.54) is 19.2 Å². The number of rotatable bonds is 4. The molecule has 0 atom stereocenters. The van der Waals surface area contributed by atoms with Gasteiger partial charge in [-0.2, -0.15) is 4.31 Å². The standard InChI is InChI=1S/C12H14ClNO3S/c1-4-5-14(3)18(16,17)12-7-11(13)6-10(8-15)9(12)2/h1,6-7,15H,5,8H2,2-3H3. The van der Waals surface area contributed by atoms with Crippen molar-refractivity contribution in [2.75, 3.05) is 13.6 Å². The van der Waals surface area contributed by atoms with Crippen LogP contribution in [0.25, 0.3) is 0 Å². The Bertz CT molecular complexity index is 590. The quantitative estimate of drug-likeness (QED) is 0.852. The molecule has 0 aliphatic rings. The number of aliphatic hydroxyl groups is 1. The molecule has 0 saturated heterocycles. The second kappa shape index (κ2) is 5.72. The lowest BCUT2D eigenvalue weighted by atomic mass is 10.1. The minimum absolute atomic E-state index is 0.0251. The monoisotopic (exact) mass is 287 g/mol. The first kappa shape index (κ1) is 15.0. The third kappa shape index (κ3) is 2.85. The number of sulfonamides is 1. The molecule has 0 amide bonds. The second-order valence-electron chi connectivity index (χ2n) is 3.81. The molecule has 98 valence electrons. The zero-order chi connectivity index (χ0) is 13.9. The Labute approximate surface area is 112 Å². The van der Waals surface area contributed by atoms with E-state index >= 15 is 0 Å². The topological polar surface area (TPSA) is 57.6 Å². The molecule has 0 heterocycles. The lowest BCUT2D eigenvalue weighted by Crippen LogP contribution is -2.28. The predicted octanol–water partition coefficient (Wildman–Crippen LogP) is 1.39. The molecule has 1 N–H and O–H groups in total. The highest BCUT2D eigenvalue weighted by molar-refractivity contribution is 7.89. The highest BCUT2D eigenvalue weighted by Crippen LogP contribution is 2.26. The molecule has 0 bridgehead atoms. The minimum atomic E-state index is -3.69. The Hall–Kier alpha value is -1.06. The fourth-order valence-electron chi connectivity index (χ4n) is 1.52. The van der Waals surface area contributed by atoms with E-state index in [0.717, 1.165) is 4.31 Å². The fraction of sp³-hybridized carbons (Fsp3) is 0.333. The molecule has 1 rings (SSSR count). The SMILES string of the molecule is C#CCN(C)S(=O)(=O)c1cc(Cl)cc(CO)c1C. The molecule has 6 heteroatoms. The van der Waals surface area contributed by atoms with Crippen molar-refractivity contribution in [1.29, 1.82) is 0 Å². The van der Waals surface area contributed by atoms with Gasteiger partial charge >= 0.3 is 0 Å². The number of nitrogens with zero attached hydrogens (tertiary/aromatic N) is 1.